The third kappa shape index (κ3) is 44.2. The first-order chi connectivity index (χ1) is 30.5. The molecule has 0 fully saturated rings. The van der Waals surface area contributed by atoms with Crippen LogP contribution in [-0.2, 0) is 14.3 Å². The molecule has 0 aliphatic heterocycles. The fourth-order valence-corrected chi connectivity index (χ4v) is 7.86. The molecule has 360 valence electrons. The molecule has 3 N–H and O–H groups in total. The molecule has 0 rings (SSSR count). The second-order valence-electron chi connectivity index (χ2n) is 17.9. The van der Waals surface area contributed by atoms with Crippen molar-refractivity contribution in [2.24, 2.45) is 0 Å². The molecular weight excluding hydrogens is 767 g/mol. The largest absolute Gasteiger partial charge is 0.458 e. The zero-order valence-corrected chi connectivity index (χ0v) is 41.0. The number of unbranched alkanes of at least 4 members (excludes halogenated alkanes) is 27. The molecule has 0 saturated carbocycles. The fraction of sp³-hybridized carbons (Fsp3) is 0.786. The average Bonchev–Trinajstić information content (AvgIpc) is 3.26. The Morgan fingerprint density at radius 2 is 0.839 bits per heavy atom. The van der Waals surface area contributed by atoms with Gasteiger partial charge in [0.2, 0.25) is 5.91 Å². The maximum Gasteiger partial charge on any atom is 0.306 e. The molecule has 0 aromatic carbocycles. The number of carbonyl (C=O) groups excluding carboxylic acids is 2. The van der Waals surface area contributed by atoms with Crippen molar-refractivity contribution >= 4 is 11.9 Å². The van der Waals surface area contributed by atoms with Crippen molar-refractivity contribution in [3.8, 4) is 0 Å². The molecule has 0 radical (unpaired) electrons. The normalized spacial score (nSPS) is 13.7. The maximum atomic E-state index is 13.2. The lowest BCUT2D eigenvalue weighted by atomic mass is 10.0. The van der Waals surface area contributed by atoms with E-state index in [1.165, 1.54) is 148 Å². The molecule has 0 aliphatic rings. The molecule has 6 nitrogen and oxygen atoms in total. The van der Waals surface area contributed by atoms with Gasteiger partial charge in [-0.1, -0.05) is 255 Å². The van der Waals surface area contributed by atoms with E-state index in [0.29, 0.717) is 19.3 Å². The van der Waals surface area contributed by atoms with Crippen molar-refractivity contribution in [3.05, 3.63) is 60.8 Å². The van der Waals surface area contributed by atoms with E-state index in [2.05, 4.69) is 74.7 Å². The quantitative estimate of drug-likeness (QED) is 0.0322. The third-order valence-electron chi connectivity index (χ3n) is 11.9. The van der Waals surface area contributed by atoms with Crippen LogP contribution in [-0.4, -0.2) is 46.9 Å². The molecule has 1 amide bonds. The van der Waals surface area contributed by atoms with Crippen molar-refractivity contribution < 1.29 is 24.5 Å². The summed E-state index contributed by atoms with van der Waals surface area (Å²) in [5.41, 5.74) is 0. The summed E-state index contributed by atoms with van der Waals surface area (Å²) in [6, 6.07) is -0.741. The second kappa shape index (κ2) is 49.6. The van der Waals surface area contributed by atoms with Gasteiger partial charge in [0, 0.05) is 6.42 Å². The standard InChI is InChI=1S/C56H101NO5/c1-4-7-10-13-16-19-22-25-27-28-29-31-34-37-40-43-46-49-56(61)62-52(47-44-41-38-35-32-30-26-23-20-17-14-11-8-5-2)50-55(60)57-53(51-58)54(59)48-45-42-39-36-33-24-21-18-15-12-9-6-3/h8,11,17,20,26,30,35,38,44,47,52-54,58-59H,4-7,9-10,12-16,18-19,21-25,27-29,31-34,36-37,39-43,45-46,48-51H2,1-3H3,(H,57,60)/b11-8+,20-17+,30-26+,38-35+,47-44+. The van der Waals surface area contributed by atoms with Crippen LogP contribution in [0.2, 0.25) is 0 Å². The molecule has 6 heteroatoms. The number of carbonyl (C=O) groups is 2. The van der Waals surface area contributed by atoms with E-state index in [1.54, 1.807) is 6.08 Å². The van der Waals surface area contributed by atoms with Crippen LogP contribution in [0.4, 0.5) is 0 Å². The summed E-state index contributed by atoms with van der Waals surface area (Å²) in [6.07, 6.45) is 61.7. The van der Waals surface area contributed by atoms with Crippen LogP contribution in [0.1, 0.15) is 258 Å². The average molecular weight is 868 g/mol. The fourth-order valence-electron chi connectivity index (χ4n) is 7.86. The van der Waals surface area contributed by atoms with Crippen LogP contribution in [0.5, 0.6) is 0 Å². The number of allylic oxidation sites excluding steroid dienone is 9. The smallest absolute Gasteiger partial charge is 0.306 e. The van der Waals surface area contributed by atoms with E-state index in [-0.39, 0.29) is 24.9 Å². The van der Waals surface area contributed by atoms with E-state index in [4.69, 9.17) is 4.74 Å². The van der Waals surface area contributed by atoms with Crippen LogP contribution in [0.15, 0.2) is 60.8 Å². The van der Waals surface area contributed by atoms with Gasteiger partial charge in [0.25, 0.3) is 0 Å². The number of aliphatic hydroxyl groups is 2. The van der Waals surface area contributed by atoms with Crippen LogP contribution in [0.25, 0.3) is 0 Å². The number of amides is 1. The first-order valence-electron chi connectivity index (χ1n) is 26.5. The lowest BCUT2D eigenvalue weighted by molar-refractivity contribution is -0.148. The van der Waals surface area contributed by atoms with Gasteiger partial charge in [0.15, 0.2) is 0 Å². The zero-order valence-electron chi connectivity index (χ0n) is 41.0. The highest BCUT2D eigenvalue weighted by Crippen LogP contribution is 2.17. The molecule has 0 heterocycles. The Morgan fingerprint density at radius 1 is 0.484 bits per heavy atom. The molecule has 0 bridgehead atoms. The Balaban J connectivity index is 4.67. The molecular formula is C56H101NO5. The van der Waals surface area contributed by atoms with E-state index in [0.717, 1.165) is 64.2 Å². The summed E-state index contributed by atoms with van der Waals surface area (Å²) in [4.78, 5) is 26.1. The molecule has 0 spiro atoms. The van der Waals surface area contributed by atoms with Crippen LogP contribution in [0.3, 0.4) is 0 Å². The van der Waals surface area contributed by atoms with Crippen molar-refractivity contribution in [2.75, 3.05) is 6.61 Å². The first kappa shape index (κ1) is 59.6. The van der Waals surface area contributed by atoms with Crippen LogP contribution in [0, 0.1) is 0 Å². The van der Waals surface area contributed by atoms with Crippen molar-refractivity contribution in [2.45, 2.75) is 277 Å². The number of nitrogens with one attached hydrogen (secondary N) is 1. The monoisotopic (exact) mass is 868 g/mol. The summed E-state index contributed by atoms with van der Waals surface area (Å²) < 4.78 is 5.83. The molecule has 3 atom stereocenters. The lowest BCUT2D eigenvalue weighted by Gasteiger charge is -2.23. The van der Waals surface area contributed by atoms with Crippen LogP contribution >= 0.6 is 0 Å². The van der Waals surface area contributed by atoms with Crippen LogP contribution < -0.4 is 5.32 Å². The highest BCUT2D eigenvalue weighted by atomic mass is 16.5. The second-order valence-corrected chi connectivity index (χ2v) is 17.9. The van der Waals surface area contributed by atoms with E-state index >= 15 is 0 Å². The Labute approximate surface area is 384 Å². The number of esters is 1. The van der Waals surface area contributed by atoms with Gasteiger partial charge in [-0.15, -0.1) is 0 Å². The van der Waals surface area contributed by atoms with Gasteiger partial charge in [-0.25, -0.2) is 0 Å². The third-order valence-corrected chi connectivity index (χ3v) is 11.9. The number of hydrogen-bond acceptors (Lipinski definition) is 5. The molecule has 62 heavy (non-hydrogen) atoms. The summed E-state index contributed by atoms with van der Waals surface area (Å²) >= 11 is 0. The molecule has 0 aromatic heterocycles. The predicted molar refractivity (Wildman–Crippen MR) is 268 cm³/mol. The zero-order chi connectivity index (χ0) is 45.2. The van der Waals surface area contributed by atoms with Gasteiger partial charge in [-0.3, -0.25) is 9.59 Å². The maximum absolute atomic E-state index is 13.2. The summed E-state index contributed by atoms with van der Waals surface area (Å²) in [5, 5.41) is 23.7. The van der Waals surface area contributed by atoms with Gasteiger partial charge >= 0.3 is 5.97 Å². The Hall–Kier alpha value is -2.44. The Bertz CT molecular complexity index is 1110. The van der Waals surface area contributed by atoms with Gasteiger partial charge in [0.05, 0.1) is 25.2 Å². The minimum atomic E-state index is -0.818. The van der Waals surface area contributed by atoms with E-state index in [1.807, 2.05) is 6.08 Å². The Kier molecular flexibility index (Phi) is 47.6. The van der Waals surface area contributed by atoms with E-state index in [9.17, 15) is 19.8 Å². The van der Waals surface area contributed by atoms with Crippen molar-refractivity contribution in [1.29, 1.82) is 0 Å². The minimum absolute atomic E-state index is 0.0443. The summed E-state index contributed by atoms with van der Waals surface area (Å²) in [6.45, 7) is 6.34. The number of aliphatic hydroxyl groups excluding tert-OH is 2. The molecule has 0 saturated heterocycles. The minimum Gasteiger partial charge on any atom is -0.458 e. The number of rotatable bonds is 47. The number of hydrogen-bond donors (Lipinski definition) is 3. The highest BCUT2D eigenvalue weighted by Gasteiger charge is 2.23. The molecule has 3 unspecified atom stereocenters. The van der Waals surface area contributed by atoms with E-state index < -0.39 is 18.2 Å². The summed E-state index contributed by atoms with van der Waals surface area (Å²) in [7, 11) is 0. The van der Waals surface area contributed by atoms with Gasteiger partial charge in [-0.05, 0) is 51.0 Å². The van der Waals surface area contributed by atoms with Gasteiger partial charge in [0.1, 0.15) is 6.10 Å². The SMILES string of the molecule is CC/C=C/C/C=C/C/C=C/C/C=C/C/C=C/C(CC(=O)NC(CO)C(O)CCCCCCCCCCCCCC)OC(=O)CCCCCCCCCCCCCCCCCCC. The van der Waals surface area contributed by atoms with Crippen molar-refractivity contribution in [1.82, 2.24) is 5.32 Å². The van der Waals surface area contributed by atoms with Gasteiger partial charge in [-0.2, -0.15) is 0 Å². The van der Waals surface area contributed by atoms with Gasteiger partial charge < -0.3 is 20.3 Å². The summed E-state index contributed by atoms with van der Waals surface area (Å²) in [5.74, 6) is -0.621. The Morgan fingerprint density at radius 3 is 1.23 bits per heavy atom. The van der Waals surface area contributed by atoms with Crippen molar-refractivity contribution in [3.63, 3.8) is 0 Å². The molecule has 0 aromatic rings. The number of ether oxygens (including phenoxy) is 1. The predicted octanol–water partition coefficient (Wildman–Crippen LogP) is 16.0. The lowest BCUT2D eigenvalue weighted by Crippen LogP contribution is -2.46. The topological polar surface area (TPSA) is 95.9 Å². The first-order valence-corrected chi connectivity index (χ1v) is 26.5. The molecule has 0 aliphatic carbocycles. The highest BCUT2D eigenvalue weighted by molar-refractivity contribution is 5.78.